The van der Waals surface area contributed by atoms with Gasteiger partial charge in [0.15, 0.2) is 0 Å². The quantitative estimate of drug-likeness (QED) is 0.468. The van der Waals surface area contributed by atoms with Gasteiger partial charge in [0.1, 0.15) is 13.7 Å². The van der Waals surface area contributed by atoms with Crippen LogP contribution in [0.15, 0.2) is 18.2 Å². The van der Waals surface area contributed by atoms with Gasteiger partial charge in [-0.3, -0.25) is 0 Å². The summed E-state index contributed by atoms with van der Waals surface area (Å²) in [7, 11) is 3.35. The van der Waals surface area contributed by atoms with E-state index in [0.717, 1.165) is 0 Å². The Kier molecular flexibility index (Phi) is 2.31. The molecule has 2 N–H and O–H groups in total. The molecule has 0 aliphatic rings. The summed E-state index contributed by atoms with van der Waals surface area (Å²) in [6.45, 7) is 0. The SMILES string of the molecule is [B]c1cccc(B(O)O)c1F. The molecule has 0 unspecified atom stereocenters. The van der Waals surface area contributed by atoms with Crippen LogP contribution in [-0.4, -0.2) is 25.0 Å². The summed E-state index contributed by atoms with van der Waals surface area (Å²) in [4.78, 5) is 0. The third-order valence-electron chi connectivity index (χ3n) is 1.34. The smallest absolute Gasteiger partial charge is 0.423 e. The highest BCUT2D eigenvalue weighted by Gasteiger charge is 2.16. The highest BCUT2D eigenvalue weighted by Crippen LogP contribution is 1.89. The maximum atomic E-state index is 12.8. The van der Waals surface area contributed by atoms with Gasteiger partial charge in [0.05, 0.1) is 0 Å². The molecule has 1 aromatic carbocycles. The van der Waals surface area contributed by atoms with Crippen LogP contribution in [-0.2, 0) is 0 Å². The molecule has 0 aromatic heterocycles. The standard InChI is InChI=1S/C6H5B2FO2/c7-4-2-1-3-5(6(4)9)8(10)11/h1-3,10-11H. The lowest BCUT2D eigenvalue weighted by molar-refractivity contribution is 0.423. The molecule has 1 rings (SSSR count). The van der Waals surface area contributed by atoms with Crippen LogP contribution in [0.3, 0.4) is 0 Å². The molecular weight excluding hydrogens is 145 g/mol. The Morgan fingerprint density at radius 1 is 1.36 bits per heavy atom. The average Bonchev–Trinajstić information content (AvgIpc) is 1.94. The lowest BCUT2D eigenvalue weighted by atomic mass is 9.76. The zero-order valence-corrected chi connectivity index (χ0v) is 5.66. The topological polar surface area (TPSA) is 40.5 Å². The summed E-state index contributed by atoms with van der Waals surface area (Å²) < 4.78 is 12.8. The zero-order chi connectivity index (χ0) is 8.43. The molecule has 0 bridgehead atoms. The number of halogens is 1. The molecule has 1 aromatic rings. The van der Waals surface area contributed by atoms with Crippen LogP contribution in [0.4, 0.5) is 4.39 Å². The summed E-state index contributed by atoms with van der Waals surface area (Å²) in [5.41, 5.74) is -0.291. The summed E-state index contributed by atoms with van der Waals surface area (Å²) in [5, 5.41) is 17.2. The Balaban J connectivity index is 3.17. The van der Waals surface area contributed by atoms with Gasteiger partial charge in [-0.05, 0) is 0 Å². The maximum absolute atomic E-state index is 12.8. The monoisotopic (exact) mass is 150 g/mol. The van der Waals surface area contributed by atoms with Crippen molar-refractivity contribution in [2.24, 2.45) is 0 Å². The van der Waals surface area contributed by atoms with E-state index in [-0.39, 0.29) is 10.9 Å². The highest BCUT2D eigenvalue weighted by molar-refractivity contribution is 6.59. The van der Waals surface area contributed by atoms with Crippen LogP contribution in [0.5, 0.6) is 0 Å². The van der Waals surface area contributed by atoms with Crippen molar-refractivity contribution in [1.82, 2.24) is 0 Å². The van der Waals surface area contributed by atoms with Crippen molar-refractivity contribution in [3.8, 4) is 0 Å². The molecule has 0 aliphatic heterocycles. The molecule has 2 nitrogen and oxygen atoms in total. The third-order valence-corrected chi connectivity index (χ3v) is 1.34. The predicted octanol–water partition coefficient (Wildman–Crippen LogP) is -1.70. The molecule has 0 atom stereocenters. The summed E-state index contributed by atoms with van der Waals surface area (Å²) in [5.74, 6) is -0.775. The second-order valence-electron chi connectivity index (χ2n) is 2.12. The number of hydrogen-bond donors (Lipinski definition) is 2. The molecule has 0 saturated heterocycles. The van der Waals surface area contributed by atoms with Gasteiger partial charge in [0, 0.05) is 5.46 Å². The van der Waals surface area contributed by atoms with Crippen molar-refractivity contribution >= 4 is 25.9 Å². The van der Waals surface area contributed by atoms with Crippen LogP contribution < -0.4 is 10.9 Å². The van der Waals surface area contributed by atoms with Crippen molar-refractivity contribution < 1.29 is 14.4 Å². The fraction of sp³-hybridized carbons (Fsp3) is 0. The van der Waals surface area contributed by atoms with Gasteiger partial charge >= 0.3 is 7.12 Å². The Hall–Kier alpha value is -0.800. The first kappa shape index (κ1) is 8.30. The minimum Gasteiger partial charge on any atom is -0.423 e. The Morgan fingerprint density at radius 3 is 2.45 bits per heavy atom. The van der Waals surface area contributed by atoms with Crippen LogP contribution in [0.2, 0.25) is 0 Å². The Bertz CT molecular complexity index is 265. The van der Waals surface area contributed by atoms with Gasteiger partial charge in [-0.2, -0.15) is 0 Å². The maximum Gasteiger partial charge on any atom is 0.491 e. The van der Waals surface area contributed by atoms with Gasteiger partial charge in [0.25, 0.3) is 0 Å². The Morgan fingerprint density at radius 2 is 2.00 bits per heavy atom. The molecule has 5 heteroatoms. The van der Waals surface area contributed by atoms with Crippen molar-refractivity contribution in [1.29, 1.82) is 0 Å². The fourth-order valence-corrected chi connectivity index (χ4v) is 0.768. The Labute approximate surface area is 65.2 Å². The number of benzene rings is 1. The summed E-state index contributed by atoms with van der Waals surface area (Å²) in [6.07, 6.45) is 0. The highest BCUT2D eigenvalue weighted by atomic mass is 19.1. The van der Waals surface area contributed by atoms with Gasteiger partial charge in [-0.25, -0.2) is 4.39 Å². The van der Waals surface area contributed by atoms with Gasteiger partial charge in [0.2, 0.25) is 0 Å². The molecule has 54 valence electrons. The molecule has 2 radical (unpaired) electrons. The summed E-state index contributed by atoms with van der Waals surface area (Å²) >= 11 is 0. The molecule has 0 aliphatic carbocycles. The first-order chi connectivity index (χ1) is 5.13. The number of rotatable bonds is 1. The van der Waals surface area contributed by atoms with Gasteiger partial charge < -0.3 is 10.0 Å². The summed E-state index contributed by atoms with van der Waals surface area (Å²) in [6, 6.07) is 4.06. The first-order valence-electron chi connectivity index (χ1n) is 3.03. The lowest BCUT2D eigenvalue weighted by Crippen LogP contribution is -2.36. The van der Waals surface area contributed by atoms with Crippen molar-refractivity contribution in [3.63, 3.8) is 0 Å². The number of hydrogen-bond acceptors (Lipinski definition) is 2. The van der Waals surface area contributed by atoms with E-state index in [1.807, 2.05) is 0 Å². The van der Waals surface area contributed by atoms with Gasteiger partial charge in [-0.15, -0.1) is 0 Å². The third kappa shape index (κ3) is 1.61. The molecule has 0 spiro atoms. The molecular formula is C6H5B2FO2. The molecule has 0 amide bonds. The molecule has 0 saturated carbocycles. The predicted molar refractivity (Wildman–Crippen MR) is 41.6 cm³/mol. The second kappa shape index (κ2) is 3.07. The minimum atomic E-state index is -1.81. The van der Waals surface area contributed by atoms with Crippen LogP contribution in [0, 0.1) is 5.82 Å². The lowest BCUT2D eigenvalue weighted by Gasteiger charge is -2.02. The first-order valence-corrected chi connectivity index (χ1v) is 3.03. The second-order valence-corrected chi connectivity index (χ2v) is 2.12. The molecule has 11 heavy (non-hydrogen) atoms. The van der Waals surface area contributed by atoms with E-state index in [1.165, 1.54) is 18.2 Å². The van der Waals surface area contributed by atoms with Crippen LogP contribution in [0.25, 0.3) is 0 Å². The average molecular weight is 150 g/mol. The van der Waals surface area contributed by atoms with Gasteiger partial charge in [-0.1, -0.05) is 23.7 Å². The normalized spacial score (nSPS) is 9.73. The fourth-order valence-electron chi connectivity index (χ4n) is 0.768. The van der Waals surface area contributed by atoms with Crippen LogP contribution >= 0.6 is 0 Å². The van der Waals surface area contributed by atoms with E-state index in [9.17, 15) is 4.39 Å². The van der Waals surface area contributed by atoms with Crippen LogP contribution in [0.1, 0.15) is 0 Å². The largest absolute Gasteiger partial charge is 0.491 e. The van der Waals surface area contributed by atoms with E-state index >= 15 is 0 Å². The molecule has 0 fully saturated rings. The minimum absolute atomic E-state index is 0.0874. The molecule has 0 heterocycles. The van der Waals surface area contributed by atoms with Crippen molar-refractivity contribution in [2.75, 3.05) is 0 Å². The van der Waals surface area contributed by atoms with E-state index in [2.05, 4.69) is 0 Å². The zero-order valence-electron chi connectivity index (χ0n) is 5.66. The van der Waals surface area contributed by atoms with E-state index in [4.69, 9.17) is 17.9 Å². The van der Waals surface area contributed by atoms with Crippen molar-refractivity contribution in [2.45, 2.75) is 0 Å². The van der Waals surface area contributed by atoms with E-state index in [0.29, 0.717) is 0 Å². The van der Waals surface area contributed by atoms with E-state index in [1.54, 1.807) is 0 Å². The van der Waals surface area contributed by atoms with E-state index < -0.39 is 12.9 Å². The van der Waals surface area contributed by atoms with Crippen molar-refractivity contribution in [3.05, 3.63) is 24.0 Å².